The van der Waals surface area contributed by atoms with E-state index < -0.39 is 0 Å². The zero-order valence-electron chi connectivity index (χ0n) is 10.2. The molecule has 0 aromatic rings. The van der Waals surface area contributed by atoms with Crippen molar-refractivity contribution in [2.45, 2.75) is 52.5 Å². The Bertz CT molecular complexity index is 212. The van der Waals surface area contributed by atoms with E-state index in [0.29, 0.717) is 17.9 Å². The second-order valence-electron chi connectivity index (χ2n) is 4.93. The van der Waals surface area contributed by atoms with Crippen LogP contribution in [0.25, 0.3) is 0 Å². The third kappa shape index (κ3) is 4.20. The predicted octanol–water partition coefficient (Wildman–Crippen LogP) is 1.68. The minimum Gasteiger partial charge on any atom is -0.356 e. The standard InChI is InChI=1S/C12H24N2O/c1-4-8-14-11(15)5-9-13-10(2)12(3)6-7-12/h10,13H,4-9H2,1-3H3,(H,14,15). The van der Waals surface area contributed by atoms with Crippen molar-refractivity contribution in [1.82, 2.24) is 10.6 Å². The van der Waals surface area contributed by atoms with Crippen LogP contribution in [0.4, 0.5) is 0 Å². The van der Waals surface area contributed by atoms with Gasteiger partial charge in [0.05, 0.1) is 0 Å². The molecular formula is C12H24N2O. The minimum atomic E-state index is 0.164. The Balaban J connectivity index is 2.03. The summed E-state index contributed by atoms with van der Waals surface area (Å²) in [6.07, 6.45) is 4.25. The van der Waals surface area contributed by atoms with Gasteiger partial charge in [0.15, 0.2) is 0 Å². The number of hydrogen-bond donors (Lipinski definition) is 2. The van der Waals surface area contributed by atoms with Crippen molar-refractivity contribution >= 4 is 5.91 Å². The minimum absolute atomic E-state index is 0.164. The number of rotatable bonds is 7. The van der Waals surface area contributed by atoms with Crippen LogP contribution in [-0.4, -0.2) is 25.0 Å². The van der Waals surface area contributed by atoms with E-state index in [-0.39, 0.29) is 5.91 Å². The van der Waals surface area contributed by atoms with Crippen molar-refractivity contribution < 1.29 is 4.79 Å². The molecule has 3 nitrogen and oxygen atoms in total. The third-order valence-electron chi connectivity index (χ3n) is 3.46. The summed E-state index contributed by atoms with van der Waals surface area (Å²) in [7, 11) is 0. The van der Waals surface area contributed by atoms with Crippen molar-refractivity contribution in [1.29, 1.82) is 0 Å². The Labute approximate surface area is 93.0 Å². The van der Waals surface area contributed by atoms with Gasteiger partial charge in [-0.05, 0) is 31.6 Å². The lowest BCUT2D eigenvalue weighted by Gasteiger charge is -2.20. The first-order valence-electron chi connectivity index (χ1n) is 6.08. The second-order valence-corrected chi connectivity index (χ2v) is 4.93. The van der Waals surface area contributed by atoms with Crippen LogP contribution in [0.5, 0.6) is 0 Å². The average molecular weight is 212 g/mol. The molecule has 0 aliphatic heterocycles. The summed E-state index contributed by atoms with van der Waals surface area (Å²) in [6.45, 7) is 8.19. The van der Waals surface area contributed by atoms with E-state index >= 15 is 0 Å². The molecule has 0 heterocycles. The molecule has 1 saturated carbocycles. The Hall–Kier alpha value is -0.570. The summed E-state index contributed by atoms with van der Waals surface area (Å²) in [6, 6.07) is 0.538. The normalized spacial score (nSPS) is 19.7. The first kappa shape index (κ1) is 12.5. The summed E-state index contributed by atoms with van der Waals surface area (Å²) < 4.78 is 0. The first-order valence-corrected chi connectivity index (χ1v) is 6.08. The van der Waals surface area contributed by atoms with Gasteiger partial charge in [0.25, 0.3) is 0 Å². The van der Waals surface area contributed by atoms with Crippen molar-refractivity contribution in [3.63, 3.8) is 0 Å². The topological polar surface area (TPSA) is 41.1 Å². The van der Waals surface area contributed by atoms with Crippen LogP contribution < -0.4 is 10.6 Å². The summed E-state index contributed by atoms with van der Waals surface area (Å²) in [5.74, 6) is 0.164. The molecule has 0 aromatic heterocycles. The molecule has 0 bridgehead atoms. The van der Waals surface area contributed by atoms with Gasteiger partial charge >= 0.3 is 0 Å². The maximum absolute atomic E-state index is 11.3. The van der Waals surface area contributed by atoms with Crippen molar-refractivity contribution in [2.75, 3.05) is 13.1 Å². The van der Waals surface area contributed by atoms with Gasteiger partial charge in [0.1, 0.15) is 0 Å². The zero-order valence-corrected chi connectivity index (χ0v) is 10.2. The van der Waals surface area contributed by atoms with E-state index in [1.165, 1.54) is 12.8 Å². The Kier molecular flexibility index (Phi) is 4.58. The summed E-state index contributed by atoms with van der Waals surface area (Å²) in [4.78, 5) is 11.3. The summed E-state index contributed by atoms with van der Waals surface area (Å²) >= 11 is 0. The predicted molar refractivity (Wildman–Crippen MR) is 62.7 cm³/mol. The largest absolute Gasteiger partial charge is 0.356 e. The molecule has 1 atom stereocenters. The molecule has 1 unspecified atom stereocenters. The Morgan fingerprint density at radius 1 is 1.40 bits per heavy atom. The van der Waals surface area contributed by atoms with E-state index in [9.17, 15) is 4.79 Å². The molecule has 0 spiro atoms. The van der Waals surface area contributed by atoms with Gasteiger partial charge in [-0.2, -0.15) is 0 Å². The van der Waals surface area contributed by atoms with E-state index in [1.54, 1.807) is 0 Å². The lowest BCUT2D eigenvalue weighted by Crippen LogP contribution is -2.36. The van der Waals surface area contributed by atoms with E-state index in [1.807, 2.05) is 0 Å². The molecule has 1 aliphatic rings. The first-order chi connectivity index (χ1) is 7.08. The molecule has 0 saturated heterocycles. The van der Waals surface area contributed by atoms with Gasteiger partial charge in [0.2, 0.25) is 5.91 Å². The second kappa shape index (κ2) is 5.50. The van der Waals surface area contributed by atoms with Gasteiger partial charge in [-0.25, -0.2) is 0 Å². The highest BCUT2D eigenvalue weighted by molar-refractivity contribution is 5.75. The lowest BCUT2D eigenvalue weighted by atomic mass is 10.0. The molecule has 15 heavy (non-hydrogen) atoms. The number of hydrogen-bond acceptors (Lipinski definition) is 2. The molecule has 1 amide bonds. The van der Waals surface area contributed by atoms with Gasteiger partial charge in [0, 0.05) is 25.6 Å². The third-order valence-corrected chi connectivity index (χ3v) is 3.46. The van der Waals surface area contributed by atoms with Crippen LogP contribution >= 0.6 is 0 Å². The van der Waals surface area contributed by atoms with Gasteiger partial charge in [-0.15, -0.1) is 0 Å². The fourth-order valence-corrected chi connectivity index (χ4v) is 1.63. The van der Waals surface area contributed by atoms with E-state index in [4.69, 9.17) is 0 Å². The molecule has 88 valence electrons. The van der Waals surface area contributed by atoms with E-state index in [2.05, 4.69) is 31.4 Å². The van der Waals surface area contributed by atoms with Gasteiger partial charge in [-0.3, -0.25) is 4.79 Å². The highest BCUT2D eigenvalue weighted by Gasteiger charge is 2.41. The van der Waals surface area contributed by atoms with Crippen LogP contribution in [0.2, 0.25) is 0 Å². The molecule has 0 radical (unpaired) electrons. The average Bonchev–Trinajstić information content (AvgIpc) is 2.94. The Morgan fingerprint density at radius 3 is 2.60 bits per heavy atom. The molecule has 1 aliphatic carbocycles. The summed E-state index contributed by atoms with van der Waals surface area (Å²) in [5, 5.41) is 6.31. The fourth-order valence-electron chi connectivity index (χ4n) is 1.63. The fraction of sp³-hybridized carbons (Fsp3) is 0.917. The molecule has 0 aromatic carbocycles. The highest BCUT2D eigenvalue weighted by atomic mass is 16.1. The summed E-state index contributed by atoms with van der Waals surface area (Å²) in [5.41, 5.74) is 0.500. The van der Waals surface area contributed by atoms with Crippen molar-refractivity contribution in [2.24, 2.45) is 5.41 Å². The molecule has 2 N–H and O–H groups in total. The molecule has 1 fully saturated rings. The SMILES string of the molecule is CCCNC(=O)CCNC(C)C1(C)CC1. The number of amides is 1. The zero-order chi connectivity index (χ0) is 11.3. The lowest BCUT2D eigenvalue weighted by molar-refractivity contribution is -0.121. The maximum Gasteiger partial charge on any atom is 0.221 e. The van der Waals surface area contributed by atoms with Crippen LogP contribution in [-0.2, 0) is 4.79 Å². The Morgan fingerprint density at radius 2 is 2.07 bits per heavy atom. The smallest absolute Gasteiger partial charge is 0.221 e. The number of carbonyl (C=O) groups is 1. The molecular weight excluding hydrogens is 188 g/mol. The number of nitrogens with one attached hydrogen (secondary N) is 2. The molecule has 3 heteroatoms. The highest BCUT2D eigenvalue weighted by Crippen LogP contribution is 2.47. The maximum atomic E-state index is 11.3. The van der Waals surface area contributed by atoms with E-state index in [0.717, 1.165) is 19.5 Å². The van der Waals surface area contributed by atoms with Crippen molar-refractivity contribution in [3.05, 3.63) is 0 Å². The van der Waals surface area contributed by atoms with Crippen LogP contribution in [0.15, 0.2) is 0 Å². The van der Waals surface area contributed by atoms with Crippen LogP contribution in [0.3, 0.4) is 0 Å². The van der Waals surface area contributed by atoms with Crippen molar-refractivity contribution in [3.8, 4) is 0 Å². The van der Waals surface area contributed by atoms with Crippen LogP contribution in [0.1, 0.15) is 46.5 Å². The quantitative estimate of drug-likeness (QED) is 0.674. The molecule has 1 rings (SSSR count). The van der Waals surface area contributed by atoms with Gasteiger partial charge in [-0.1, -0.05) is 13.8 Å². The van der Waals surface area contributed by atoms with Crippen LogP contribution in [0, 0.1) is 5.41 Å². The number of carbonyl (C=O) groups excluding carboxylic acids is 1. The van der Waals surface area contributed by atoms with Gasteiger partial charge < -0.3 is 10.6 Å². The monoisotopic (exact) mass is 212 g/mol.